The second kappa shape index (κ2) is 15.2. The zero-order valence-corrected chi connectivity index (χ0v) is 21.3. The number of fused-ring (bicyclic) bond motifs is 1. The number of nitrogens with one attached hydrogen (secondary N) is 1. The average molecular weight is 512 g/mol. The van der Waals surface area contributed by atoms with Crippen molar-refractivity contribution in [1.29, 1.82) is 0 Å². The molecule has 1 unspecified atom stereocenters. The number of benzene rings is 1. The number of aliphatic carboxylic acids is 1. The fourth-order valence-corrected chi connectivity index (χ4v) is 13.6. The standard InChI is InChI=1S/C10H9NO3S.3C4H9.Sn/c12-9(13)5-8-10(14)11-6-3-1-2-4-7(6)15-8;3*1-3-4-2;/h1-4,8H,5H2,(H,11,14)(H,12,13);3*1,3-4H2,2H3;/q;;;;+1/p-1. The number of carboxylic acid groups (broad SMARTS) is 1. The maximum absolute atomic E-state index is 11.5. The molecule has 4 nitrogen and oxygen atoms in total. The Morgan fingerprint density at radius 1 is 1.04 bits per heavy atom. The summed E-state index contributed by atoms with van der Waals surface area (Å²) in [5.41, 5.74) is 0.738. The van der Waals surface area contributed by atoms with Crippen LogP contribution in [-0.4, -0.2) is 36.9 Å². The van der Waals surface area contributed by atoms with Crippen molar-refractivity contribution in [2.75, 3.05) is 5.32 Å². The van der Waals surface area contributed by atoms with Gasteiger partial charge in [0.2, 0.25) is 5.91 Å². The number of thioether (sulfide) groups is 1. The second-order valence-electron chi connectivity index (χ2n) is 7.23. The topological polar surface area (TPSA) is 69.2 Å². The minimum atomic E-state index is -1.21. The summed E-state index contributed by atoms with van der Waals surface area (Å²) in [5.74, 6) is -1.48. The number of carboxylic acids is 1. The minimum Gasteiger partial charge on any atom is -0.550 e. The Morgan fingerprint density at radius 2 is 1.57 bits per heavy atom. The first-order valence-corrected chi connectivity index (χ1v) is 17.5. The number of carbonyl (C=O) groups excluding carboxylic acids is 2. The molecule has 1 aliphatic heterocycles. The zero-order chi connectivity index (χ0) is 20.8. The third kappa shape index (κ3) is 10.2. The molecule has 156 valence electrons. The van der Waals surface area contributed by atoms with Gasteiger partial charge in [-0.05, 0) is 12.1 Å². The van der Waals surface area contributed by atoms with Gasteiger partial charge in [0.1, 0.15) is 0 Å². The van der Waals surface area contributed by atoms with Crippen molar-refractivity contribution in [3.05, 3.63) is 24.3 Å². The molecule has 0 radical (unpaired) electrons. The van der Waals surface area contributed by atoms with Crippen LogP contribution in [0.15, 0.2) is 29.2 Å². The van der Waals surface area contributed by atoms with Gasteiger partial charge in [0.25, 0.3) is 0 Å². The van der Waals surface area contributed by atoms with E-state index < -0.39 is 31.0 Å². The first-order valence-electron chi connectivity index (χ1n) is 10.6. The number of rotatable bonds is 11. The van der Waals surface area contributed by atoms with Gasteiger partial charge in [-0.25, -0.2) is 0 Å². The number of carbonyl (C=O) groups is 2. The molecule has 0 aromatic heterocycles. The molecule has 6 heteroatoms. The van der Waals surface area contributed by atoms with E-state index in [2.05, 4.69) is 26.1 Å². The van der Waals surface area contributed by atoms with E-state index in [9.17, 15) is 14.7 Å². The van der Waals surface area contributed by atoms with E-state index >= 15 is 0 Å². The van der Waals surface area contributed by atoms with Gasteiger partial charge in [0, 0.05) is 17.3 Å². The van der Waals surface area contributed by atoms with Crippen LogP contribution in [-0.2, 0) is 9.59 Å². The smallest absolute Gasteiger partial charge is 0.238 e. The molecule has 1 amide bonds. The molecule has 1 aliphatic rings. The van der Waals surface area contributed by atoms with E-state index in [0.29, 0.717) is 0 Å². The Hall–Kier alpha value is -0.691. The SMILES string of the molecule is CCC[CH2][Sn+]([CH2]CCC)[CH2]CCC.O=C([O-])CC1Sc2ccccc2NC1=O. The molecule has 0 spiro atoms. The molecule has 2 rings (SSSR count). The van der Waals surface area contributed by atoms with Crippen molar-refractivity contribution in [2.24, 2.45) is 0 Å². The molecule has 0 fully saturated rings. The molecule has 1 N–H and O–H groups in total. The van der Waals surface area contributed by atoms with Crippen LogP contribution < -0.4 is 10.4 Å². The Bertz CT molecular complexity index is 578. The van der Waals surface area contributed by atoms with Crippen LogP contribution in [0.3, 0.4) is 0 Å². The quantitative estimate of drug-likeness (QED) is 0.418. The number of hydrogen-bond acceptors (Lipinski definition) is 4. The molecule has 28 heavy (non-hydrogen) atoms. The molecule has 0 aliphatic carbocycles. The fraction of sp³-hybridized carbons (Fsp3) is 0.636. The largest absolute Gasteiger partial charge is 0.550 e. The van der Waals surface area contributed by atoms with Crippen LogP contribution in [0, 0.1) is 0 Å². The van der Waals surface area contributed by atoms with Gasteiger partial charge in [-0.3, -0.25) is 4.79 Å². The summed E-state index contributed by atoms with van der Waals surface area (Å²) in [5, 5.41) is 12.5. The predicted octanol–water partition coefficient (Wildman–Crippen LogP) is 5.12. The van der Waals surface area contributed by atoms with Crippen LogP contribution in [0.4, 0.5) is 5.69 Å². The van der Waals surface area contributed by atoms with E-state index in [-0.39, 0.29) is 12.3 Å². The van der Waals surface area contributed by atoms with E-state index in [1.807, 2.05) is 18.2 Å². The number of unbranched alkanes of at least 4 members (excludes halogenated alkanes) is 3. The first kappa shape index (κ1) is 25.3. The zero-order valence-electron chi connectivity index (χ0n) is 17.6. The van der Waals surface area contributed by atoms with Crippen molar-refractivity contribution in [1.82, 2.24) is 0 Å². The third-order valence-corrected chi connectivity index (χ3v) is 15.1. The summed E-state index contributed by atoms with van der Waals surface area (Å²) < 4.78 is 5.04. The van der Waals surface area contributed by atoms with Crippen LogP contribution >= 0.6 is 11.8 Å². The number of amides is 1. The number of para-hydroxylation sites is 1. The molecule has 0 saturated heterocycles. The van der Waals surface area contributed by atoms with Gasteiger partial charge in [-0.1, -0.05) is 12.1 Å². The average Bonchev–Trinajstić information content (AvgIpc) is 2.68. The maximum atomic E-state index is 11.5. The van der Waals surface area contributed by atoms with E-state index in [1.165, 1.54) is 50.3 Å². The van der Waals surface area contributed by atoms with E-state index in [4.69, 9.17) is 0 Å². The van der Waals surface area contributed by atoms with Crippen molar-refractivity contribution in [3.8, 4) is 0 Å². The Morgan fingerprint density at radius 3 is 2.07 bits per heavy atom. The van der Waals surface area contributed by atoms with Crippen molar-refractivity contribution >= 4 is 49.1 Å². The van der Waals surface area contributed by atoms with Gasteiger partial charge >= 0.3 is 92.4 Å². The summed E-state index contributed by atoms with van der Waals surface area (Å²) >= 11 is 0.421. The molecular formula is C22H35NO3SSn. The van der Waals surface area contributed by atoms with Gasteiger partial charge in [0.15, 0.2) is 0 Å². The minimum absolute atomic E-state index is 0.259. The second-order valence-corrected chi connectivity index (χ2v) is 17.0. The van der Waals surface area contributed by atoms with Crippen LogP contribution in [0.25, 0.3) is 0 Å². The van der Waals surface area contributed by atoms with Crippen LogP contribution in [0.2, 0.25) is 13.3 Å². The van der Waals surface area contributed by atoms with E-state index in [0.717, 1.165) is 10.6 Å². The van der Waals surface area contributed by atoms with Gasteiger partial charge in [-0.2, -0.15) is 0 Å². The van der Waals surface area contributed by atoms with Crippen LogP contribution in [0.1, 0.15) is 65.7 Å². The Balaban J connectivity index is 0.000000284. The fourth-order valence-electron chi connectivity index (χ4n) is 3.03. The monoisotopic (exact) mass is 513 g/mol. The Labute approximate surface area is 182 Å². The third-order valence-electron chi connectivity index (χ3n) is 4.71. The Kier molecular flexibility index (Phi) is 13.7. The van der Waals surface area contributed by atoms with E-state index in [1.54, 1.807) is 19.4 Å². The van der Waals surface area contributed by atoms with Gasteiger partial charge in [-0.15, -0.1) is 11.8 Å². The maximum Gasteiger partial charge on any atom is 0.238 e. The first-order chi connectivity index (χ1) is 13.5. The molecule has 0 bridgehead atoms. The summed E-state index contributed by atoms with van der Waals surface area (Å²) in [6, 6.07) is 7.30. The van der Waals surface area contributed by atoms with Crippen LogP contribution in [0.5, 0.6) is 0 Å². The molecule has 1 aromatic carbocycles. The molecule has 1 aromatic rings. The summed E-state index contributed by atoms with van der Waals surface area (Å²) in [4.78, 5) is 22.8. The van der Waals surface area contributed by atoms with Crippen molar-refractivity contribution < 1.29 is 14.7 Å². The van der Waals surface area contributed by atoms with Gasteiger partial charge in [0.05, 0.1) is 10.9 Å². The summed E-state index contributed by atoms with van der Waals surface area (Å²) in [6.07, 6.45) is 8.59. The van der Waals surface area contributed by atoms with Crippen molar-refractivity contribution in [2.45, 2.75) is 89.2 Å². The van der Waals surface area contributed by atoms with Crippen molar-refractivity contribution in [3.63, 3.8) is 0 Å². The molecule has 0 saturated carbocycles. The molecular weight excluding hydrogens is 477 g/mol. The molecule has 1 atom stereocenters. The summed E-state index contributed by atoms with van der Waals surface area (Å²) in [7, 11) is 0. The normalized spacial score (nSPS) is 15.1. The number of anilines is 1. The van der Waals surface area contributed by atoms with Gasteiger partial charge < -0.3 is 15.2 Å². The predicted molar refractivity (Wildman–Crippen MR) is 119 cm³/mol. The number of hydrogen-bond donors (Lipinski definition) is 1. The molecule has 1 heterocycles. The summed E-state index contributed by atoms with van der Waals surface area (Å²) in [6.45, 7) is 7.00.